The highest BCUT2D eigenvalue weighted by Crippen LogP contribution is 2.34. The lowest BCUT2D eigenvalue weighted by atomic mass is 9.95. The van der Waals surface area contributed by atoms with Crippen molar-refractivity contribution in [3.8, 4) is 5.75 Å². The van der Waals surface area contributed by atoms with Crippen LogP contribution in [-0.4, -0.2) is 16.4 Å². The van der Waals surface area contributed by atoms with Crippen molar-refractivity contribution in [2.45, 2.75) is 38.2 Å². The van der Waals surface area contributed by atoms with Crippen molar-refractivity contribution in [1.29, 1.82) is 0 Å². The Kier molecular flexibility index (Phi) is 3.24. The van der Waals surface area contributed by atoms with E-state index in [1.165, 1.54) is 6.07 Å². The Bertz CT molecular complexity index is 455. The van der Waals surface area contributed by atoms with Gasteiger partial charge in [0.1, 0.15) is 11.9 Å². The lowest BCUT2D eigenvalue weighted by Gasteiger charge is -2.31. The third-order valence-electron chi connectivity index (χ3n) is 3.02. The summed E-state index contributed by atoms with van der Waals surface area (Å²) >= 11 is 5.87. The minimum absolute atomic E-state index is 0.0958. The van der Waals surface area contributed by atoms with Gasteiger partial charge >= 0.3 is 0 Å². The van der Waals surface area contributed by atoms with E-state index >= 15 is 0 Å². The first-order valence-corrected chi connectivity index (χ1v) is 5.97. The molecule has 5 heteroatoms. The van der Waals surface area contributed by atoms with Gasteiger partial charge in [-0.05, 0) is 25.5 Å². The average Bonchev–Trinajstić information content (AvgIpc) is 2.18. The molecular weight excluding hydrogens is 242 g/mol. The van der Waals surface area contributed by atoms with E-state index in [4.69, 9.17) is 16.3 Å². The molecule has 17 heavy (non-hydrogen) atoms. The van der Waals surface area contributed by atoms with Gasteiger partial charge in [-0.1, -0.05) is 0 Å². The van der Waals surface area contributed by atoms with E-state index in [2.05, 4.69) is 0 Å². The van der Waals surface area contributed by atoms with Crippen LogP contribution in [0.3, 0.4) is 0 Å². The van der Waals surface area contributed by atoms with Gasteiger partial charge in [-0.3, -0.25) is 10.1 Å². The molecular formula is C12H14ClNO3. The van der Waals surface area contributed by atoms with Crippen molar-refractivity contribution in [1.82, 2.24) is 0 Å². The second-order valence-corrected chi connectivity index (χ2v) is 5.09. The van der Waals surface area contributed by atoms with E-state index in [0.717, 1.165) is 18.4 Å². The van der Waals surface area contributed by atoms with Crippen molar-refractivity contribution in [2.24, 2.45) is 0 Å². The standard InChI is InChI=1S/C12H14ClNO3/c1-7-3-8(2)12(6-11(7)14(15)16)17-10-4-9(13)5-10/h3,6,9-10H,4-5H2,1-2H3. The molecule has 0 saturated heterocycles. The van der Waals surface area contributed by atoms with Crippen LogP contribution in [-0.2, 0) is 0 Å². The first-order valence-electron chi connectivity index (χ1n) is 5.53. The van der Waals surface area contributed by atoms with Crippen LogP contribution in [0.25, 0.3) is 0 Å². The molecule has 1 saturated carbocycles. The lowest BCUT2D eigenvalue weighted by Crippen LogP contribution is -2.34. The van der Waals surface area contributed by atoms with Crippen LogP contribution in [0.4, 0.5) is 5.69 Å². The zero-order valence-corrected chi connectivity index (χ0v) is 10.5. The van der Waals surface area contributed by atoms with E-state index in [1.54, 1.807) is 13.0 Å². The van der Waals surface area contributed by atoms with Crippen molar-refractivity contribution >= 4 is 17.3 Å². The fraction of sp³-hybridized carbons (Fsp3) is 0.500. The number of rotatable bonds is 3. The van der Waals surface area contributed by atoms with E-state index in [0.29, 0.717) is 11.3 Å². The third-order valence-corrected chi connectivity index (χ3v) is 3.38. The quantitative estimate of drug-likeness (QED) is 0.473. The molecule has 0 bridgehead atoms. The highest BCUT2D eigenvalue weighted by atomic mass is 35.5. The second kappa shape index (κ2) is 4.53. The maximum atomic E-state index is 10.8. The number of nitrogens with zero attached hydrogens (tertiary/aromatic N) is 1. The van der Waals surface area contributed by atoms with E-state index in [9.17, 15) is 10.1 Å². The molecule has 1 aromatic carbocycles. The molecule has 0 amide bonds. The monoisotopic (exact) mass is 255 g/mol. The van der Waals surface area contributed by atoms with Gasteiger partial charge in [0.05, 0.1) is 11.0 Å². The van der Waals surface area contributed by atoms with E-state index in [1.807, 2.05) is 6.92 Å². The van der Waals surface area contributed by atoms with E-state index in [-0.39, 0.29) is 22.1 Å². The van der Waals surface area contributed by atoms with Crippen LogP contribution in [0.2, 0.25) is 0 Å². The number of ether oxygens (including phenoxy) is 1. The number of nitro groups is 1. The molecule has 1 aromatic rings. The van der Waals surface area contributed by atoms with Crippen LogP contribution in [0, 0.1) is 24.0 Å². The largest absolute Gasteiger partial charge is 0.490 e. The summed E-state index contributed by atoms with van der Waals surface area (Å²) < 4.78 is 5.71. The minimum atomic E-state index is -0.382. The van der Waals surface area contributed by atoms with E-state index < -0.39 is 0 Å². The number of alkyl halides is 1. The summed E-state index contributed by atoms with van der Waals surface area (Å²) in [5, 5.41) is 11.0. The zero-order chi connectivity index (χ0) is 12.6. The Labute approximate surface area is 105 Å². The van der Waals surface area contributed by atoms with Crippen molar-refractivity contribution in [2.75, 3.05) is 0 Å². The summed E-state index contributed by atoms with van der Waals surface area (Å²) in [6.07, 6.45) is 1.71. The third kappa shape index (κ3) is 2.52. The molecule has 0 atom stereocenters. The molecule has 1 fully saturated rings. The van der Waals surface area contributed by atoms with Crippen molar-refractivity contribution < 1.29 is 9.66 Å². The van der Waals surface area contributed by atoms with Gasteiger partial charge in [0, 0.05) is 23.8 Å². The number of aryl methyl sites for hydroxylation is 2. The Balaban J connectivity index is 2.21. The molecule has 1 aliphatic carbocycles. The highest BCUT2D eigenvalue weighted by Gasteiger charge is 2.29. The maximum absolute atomic E-state index is 10.8. The molecule has 2 rings (SSSR count). The molecule has 4 nitrogen and oxygen atoms in total. The summed E-state index contributed by atoms with van der Waals surface area (Å²) in [6, 6.07) is 3.29. The van der Waals surface area contributed by atoms with Gasteiger partial charge in [0.2, 0.25) is 0 Å². The van der Waals surface area contributed by atoms with Crippen LogP contribution in [0.15, 0.2) is 12.1 Å². The summed E-state index contributed by atoms with van der Waals surface area (Å²) in [7, 11) is 0. The van der Waals surface area contributed by atoms with Gasteiger partial charge < -0.3 is 4.74 Å². The number of hydrogen-bond acceptors (Lipinski definition) is 3. The SMILES string of the molecule is Cc1cc(C)c([N+](=O)[O-])cc1OC1CC(Cl)C1. The average molecular weight is 256 g/mol. The Morgan fingerprint density at radius 1 is 1.35 bits per heavy atom. The van der Waals surface area contributed by atoms with Crippen molar-refractivity contribution in [3.05, 3.63) is 33.4 Å². The predicted octanol–water partition coefficient (Wildman–Crippen LogP) is 3.36. The summed E-state index contributed by atoms with van der Waals surface area (Å²) in [5.41, 5.74) is 1.68. The van der Waals surface area contributed by atoms with Crippen LogP contribution in [0.1, 0.15) is 24.0 Å². The fourth-order valence-electron chi connectivity index (χ4n) is 1.92. The van der Waals surface area contributed by atoms with Crippen LogP contribution >= 0.6 is 11.6 Å². The molecule has 0 N–H and O–H groups in total. The molecule has 92 valence electrons. The molecule has 0 unspecified atom stereocenters. The Hall–Kier alpha value is -1.29. The first kappa shape index (κ1) is 12.2. The van der Waals surface area contributed by atoms with Gasteiger partial charge in [0.15, 0.2) is 0 Å². The Morgan fingerprint density at radius 3 is 2.53 bits per heavy atom. The number of benzene rings is 1. The Morgan fingerprint density at radius 2 is 2.00 bits per heavy atom. The van der Waals surface area contributed by atoms with Gasteiger partial charge in [-0.15, -0.1) is 11.6 Å². The van der Waals surface area contributed by atoms with Gasteiger partial charge in [0.25, 0.3) is 5.69 Å². The minimum Gasteiger partial charge on any atom is -0.490 e. The maximum Gasteiger partial charge on any atom is 0.276 e. The van der Waals surface area contributed by atoms with Gasteiger partial charge in [-0.2, -0.15) is 0 Å². The zero-order valence-electron chi connectivity index (χ0n) is 9.77. The summed E-state index contributed by atoms with van der Waals surface area (Å²) in [4.78, 5) is 10.5. The molecule has 0 aromatic heterocycles. The normalized spacial score (nSPS) is 23.0. The molecule has 0 aliphatic heterocycles. The first-order chi connectivity index (χ1) is 7.97. The second-order valence-electron chi connectivity index (χ2n) is 4.47. The predicted molar refractivity (Wildman–Crippen MR) is 65.9 cm³/mol. The highest BCUT2D eigenvalue weighted by molar-refractivity contribution is 6.21. The molecule has 0 radical (unpaired) electrons. The lowest BCUT2D eigenvalue weighted by molar-refractivity contribution is -0.385. The molecule has 0 spiro atoms. The topological polar surface area (TPSA) is 52.4 Å². The smallest absolute Gasteiger partial charge is 0.276 e. The molecule has 0 heterocycles. The van der Waals surface area contributed by atoms with Gasteiger partial charge in [-0.25, -0.2) is 0 Å². The summed E-state index contributed by atoms with van der Waals surface area (Å²) in [5.74, 6) is 0.593. The van der Waals surface area contributed by atoms with Crippen LogP contribution < -0.4 is 4.74 Å². The molecule has 1 aliphatic rings. The number of halogens is 1. The number of nitro benzene ring substituents is 1. The summed E-state index contributed by atoms with van der Waals surface area (Å²) in [6.45, 7) is 3.62. The van der Waals surface area contributed by atoms with Crippen LogP contribution in [0.5, 0.6) is 5.75 Å². The number of hydrogen-bond donors (Lipinski definition) is 0. The van der Waals surface area contributed by atoms with Crippen molar-refractivity contribution in [3.63, 3.8) is 0 Å². The fourth-order valence-corrected chi connectivity index (χ4v) is 2.32.